The van der Waals surface area contributed by atoms with E-state index in [-0.39, 0.29) is 22.1 Å². The maximum atomic E-state index is 12.0. The van der Waals surface area contributed by atoms with Gasteiger partial charge in [0.25, 0.3) is 0 Å². The van der Waals surface area contributed by atoms with Crippen LogP contribution in [0.15, 0.2) is 34.7 Å². The second-order valence-corrected chi connectivity index (χ2v) is 9.02. The lowest BCUT2D eigenvalue weighted by molar-refractivity contribution is 0.0599. The Labute approximate surface area is 172 Å². The molecule has 0 aliphatic heterocycles. The quantitative estimate of drug-likeness (QED) is 0.670. The number of esters is 2. The van der Waals surface area contributed by atoms with Crippen LogP contribution in [0.1, 0.15) is 67.5 Å². The second-order valence-electron chi connectivity index (χ2n) is 9.02. The van der Waals surface area contributed by atoms with Crippen molar-refractivity contribution < 1.29 is 23.5 Å². The van der Waals surface area contributed by atoms with Gasteiger partial charge in [-0.2, -0.15) is 0 Å². The van der Waals surface area contributed by atoms with Crippen molar-refractivity contribution in [1.82, 2.24) is 5.32 Å². The molecule has 1 aromatic carbocycles. The number of carbonyl (C=O) groups is 2. The number of nitrogens with one attached hydrogen (secondary N) is 1. The lowest BCUT2D eigenvalue weighted by Gasteiger charge is -2.33. The van der Waals surface area contributed by atoms with E-state index < -0.39 is 11.9 Å². The SMILES string of the molecule is COC(=O)c1cc(C(=O)OC)cc(-c2ccc(CNC(C)(C)CC(C)(C)C)o2)c1. The zero-order valence-corrected chi connectivity index (χ0v) is 18.3. The monoisotopic (exact) mass is 401 g/mol. The Balaban J connectivity index is 2.25. The molecular weight excluding hydrogens is 370 g/mol. The van der Waals surface area contributed by atoms with Crippen LogP contribution in [0.2, 0.25) is 0 Å². The van der Waals surface area contributed by atoms with Crippen LogP contribution in [0.25, 0.3) is 11.3 Å². The summed E-state index contributed by atoms with van der Waals surface area (Å²) in [5, 5.41) is 3.53. The first-order valence-electron chi connectivity index (χ1n) is 9.60. The van der Waals surface area contributed by atoms with Crippen molar-refractivity contribution in [2.24, 2.45) is 5.41 Å². The summed E-state index contributed by atoms with van der Waals surface area (Å²) in [7, 11) is 2.59. The van der Waals surface area contributed by atoms with Crippen molar-refractivity contribution in [3.8, 4) is 11.3 Å². The van der Waals surface area contributed by atoms with Gasteiger partial charge in [-0.15, -0.1) is 0 Å². The smallest absolute Gasteiger partial charge is 0.337 e. The molecule has 0 saturated heterocycles. The number of ether oxygens (including phenoxy) is 2. The Bertz CT molecular complexity index is 839. The average molecular weight is 402 g/mol. The fourth-order valence-corrected chi connectivity index (χ4v) is 3.58. The third-order valence-electron chi connectivity index (χ3n) is 4.43. The maximum absolute atomic E-state index is 12.0. The first-order valence-corrected chi connectivity index (χ1v) is 9.60. The summed E-state index contributed by atoms with van der Waals surface area (Å²) < 4.78 is 15.5. The molecule has 0 spiro atoms. The molecule has 158 valence electrons. The molecule has 0 fully saturated rings. The van der Waals surface area contributed by atoms with Gasteiger partial charge < -0.3 is 19.2 Å². The van der Waals surface area contributed by atoms with Gasteiger partial charge in [-0.1, -0.05) is 20.8 Å². The molecule has 6 heteroatoms. The molecule has 0 bridgehead atoms. The first-order chi connectivity index (χ1) is 13.4. The normalized spacial score (nSPS) is 12.0. The second kappa shape index (κ2) is 8.82. The molecule has 1 aromatic heterocycles. The minimum Gasteiger partial charge on any atom is -0.465 e. The molecule has 0 aliphatic rings. The molecule has 0 amide bonds. The fourth-order valence-electron chi connectivity index (χ4n) is 3.58. The molecule has 2 aromatic rings. The van der Waals surface area contributed by atoms with Gasteiger partial charge in [0, 0.05) is 11.1 Å². The predicted octanol–water partition coefficient (Wildman–Crippen LogP) is 4.82. The van der Waals surface area contributed by atoms with Gasteiger partial charge in [0.1, 0.15) is 11.5 Å². The zero-order chi connectivity index (χ0) is 21.8. The third kappa shape index (κ3) is 6.46. The number of carbonyl (C=O) groups excluding carboxylic acids is 2. The summed E-state index contributed by atoms with van der Waals surface area (Å²) >= 11 is 0. The van der Waals surface area contributed by atoms with Crippen molar-refractivity contribution in [3.63, 3.8) is 0 Å². The molecule has 6 nitrogen and oxygen atoms in total. The van der Waals surface area contributed by atoms with Gasteiger partial charge in [-0.05, 0) is 56.0 Å². The van der Waals surface area contributed by atoms with E-state index in [1.807, 2.05) is 12.1 Å². The van der Waals surface area contributed by atoms with Crippen LogP contribution in [0.4, 0.5) is 0 Å². The van der Waals surface area contributed by atoms with E-state index in [1.54, 1.807) is 12.1 Å². The highest BCUT2D eigenvalue weighted by Gasteiger charge is 2.25. The topological polar surface area (TPSA) is 77.8 Å². The number of furan rings is 1. The standard InChI is InChI=1S/C23H31NO5/c1-22(2,3)14-23(4,5)24-13-18-8-9-19(29-18)15-10-16(20(25)27-6)12-17(11-15)21(26)28-7/h8-12,24H,13-14H2,1-7H3. The average Bonchev–Trinajstić information content (AvgIpc) is 3.12. The van der Waals surface area contributed by atoms with Crippen molar-refractivity contribution in [1.29, 1.82) is 0 Å². The van der Waals surface area contributed by atoms with Crippen LogP contribution >= 0.6 is 0 Å². The highest BCUT2D eigenvalue weighted by atomic mass is 16.5. The minimum atomic E-state index is -0.533. The largest absolute Gasteiger partial charge is 0.465 e. The van der Waals surface area contributed by atoms with E-state index in [0.717, 1.165) is 12.2 Å². The molecule has 0 saturated carbocycles. The summed E-state index contributed by atoms with van der Waals surface area (Å²) in [6, 6.07) is 8.43. The van der Waals surface area contributed by atoms with Crippen LogP contribution in [0.3, 0.4) is 0 Å². The van der Waals surface area contributed by atoms with E-state index in [1.165, 1.54) is 20.3 Å². The minimum absolute atomic E-state index is 0.0476. The number of hydrogen-bond acceptors (Lipinski definition) is 6. The summed E-state index contributed by atoms with van der Waals surface area (Å²) in [6.07, 6.45) is 1.01. The predicted molar refractivity (Wildman–Crippen MR) is 112 cm³/mol. The van der Waals surface area contributed by atoms with Crippen LogP contribution in [-0.4, -0.2) is 31.7 Å². The molecule has 2 rings (SSSR count). The molecule has 0 atom stereocenters. The van der Waals surface area contributed by atoms with Crippen LogP contribution in [-0.2, 0) is 16.0 Å². The van der Waals surface area contributed by atoms with Gasteiger partial charge in [0.15, 0.2) is 0 Å². The van der Waals surface area contributed by atoms with Crippen molar-refractivity contribution in [2.45, 2.75) is 53.1 Å². The van der Waals surface area contributed by atoms with Gasteiger partial charge in [0.2, 0.25) is 0 Å². The third-order valence-corrected chi connectivity index (χ3v) is 4.43. The van der Waals surface area contributed by atoms with Crippen LogP contribution < -0.4 is 5.32 Å². The molecule has 1 N–H and O–H groups in total. The summed E-state index contributed by atoms with van der Waals surface area (Å²) in [6.45, 7) is 11.6. The van der Waals surface area contributed by atoms with E-state index >= 15 is 0 Å². The lowest BCUT2D eigenvalue weighted by atomic mass is 9.82. The first kappa shape index (κ1) is 22.7. The Morgan fingerprint density at radius 3 is 1.97 bits per heavy atom. The number of methoxy groups -OCH3 is 2. The van der Waals surface area contributed by atoms with Crippen molar-refractivity contribution >= 4 is 11.9 Å². The lowest BCUT2D eigenvalue weighted by Crippen LogP contribution is -2.41. The van der Waals surface area contributed by atoms with Crippen LogP contribution in [0, 0.1) is 5.41 Å². The van der Waals surface area contributed by atoms with Crippen LogP contribution in [0.5, 0.6) is 0 Å². The van der Waals surface area contributed by atoms with E-state index in [4.69, 9.17) is 13.9 Å². The number of benzene rings is 1. The Morgan fingerprint density at radius 1 is 0.931 bits per heavy atom. The van der Waals surface area contributed by atoms with E-state index in [9.17, 15) is 9.59 Å². The molecule has 1 heterocycles. The highest BCUT2D eigenvalue weighted by Crippen LogP contribution is 2.28. The summed E-state index contributed by atoms with van der Waals surface area (Å²) in [5.74, 6) is 0.264. The number of hydrogen-bond donors (Lipinski definition) is 1. The van der Waals surface area contributed by atoms with Crippen molar-refractivity contribution in [2.75, 3.05) is 14.2 Å². The van der Waals surface area contributed by atoms with Gasteiger partial charge in [-0.25, -0.2) is 9.59 Å². The van der Waals surface area contributed by atoms with Gasteiger partial charge in [-0.3, -0.25) is 0 Å². The Morgan fingerprint density at radius 2 is 1.48 bits per heavy atom. The Kier molecular flexibility index (Phi) is 6.90. The molecule has 0 radical (unpaired) electrons. The Hall–Kier alpha value is -2.60. The van der Waals surface area contributed by atoms with E-state index in [0.29, 0.717) is 17.9 Å². The molecule has 29 heavy (non-hydrogen) atoms. The molecular formula is C23H31NO5. The van der Waals surface area contributed by atoms with Gasteiger partial charge >= 0.3 is 11.9 Å². The summed E-state index contributed by atoms with van der Waals surface area (Å²) in [5.41, 5.74) is 1.28. The summed E-state index contributed by atoms with van der Waals surface area (Å²) in [4.78, 5) is 24.0. The molecule has 0 unspecified atom stereocenters. The maximum Gasteiger partial charge on any atom is 0.337 e. The van der Waals surface area contributed by atoms with Gasteiger partial charge in [0.05, 0.1) is 31.9 Å². The molecule has 0 aliphatic carbocycles. The highest BCUT2D eigenvalue weighted by molar-refractivity contribution is 5.97. The van der Waals surface area contributed by atoms with Crippen molar-refractivity contribution in [3.05, 3.63) is 47.2 Å². The fraction of sp³-hybridized carbons (Fsp3) is 0.478. The van der Waals surface area contributed by atoms with E-state index in [2.05, 4.69) is 39.9 Å². The zero-order valence-electron chi connectivity index (χ0n) is 18.3. The number of rotatable bonds is 7.